The van der Waals surface area contributed by atoms with E-state index in [9.17, 15) is 0 Å². The van der Waals surface area contributed by atoms with E-state index in [4.69, 9.17) is 16.3 Å². The number of halogens is 1. The van der Waals surface area contributed by atoms with Crippen LogP contribution in [0.4, 0.5) is 0 Å². The van der Waals surface area contributed by atoms with E-state index in [1.807, 2.05) is 0 Å². The Hall–Kier alpha value is -0.690. The molecule has 0 aliphatic heterocycles. The van der Waals surface area contributed by atoms with Crippen molar-refractivity contribution in [1.82, 2.24) is 0 Å². The normalized spacial score (nSPS) is 27.6. The number of fused-ring (bicyclic) bond motifs is 1. The molecule has 0 saturated heterocycles. The monoisotopic (exact) mass is 292 g/mol. The van der Waals surface area contributed by atoms with E-state index in [0.29, 0.717) is 6.10 Å². The predicted octanol–water partition coefficient (Wildman–Crippen LogP) is 5.13. The van der Waals surface area contributed by atoms with Gasteiger partial charge in [-0.15, -0.1) is 11.6 Å². The van der Waals surface area contributed by atoms with Crippen molar-refractivity contribution < 1.29 is 4.74 Å². The van der Waals surface area contributed by atoms with Crippen molar-refractivity contribution in [2.75, 3.05) is 0 Å². The largest absolute Gasteiger partial charge is 0.490 e. The summed E-state index contributed by atoms with van der Waals surface area (Å²) in [6, 6.07) is 6.69. The summed E-state index contributed by atoms with van der Waals surface area (Å²) in [5.41, 5.74) is 3.19. The minimum Gasteiger partial charge on any atom is -0.490 e. The first kappa shape index (κ1) is 14.3. The summed E-state index contributed by atoms with van der Waals surface area (Å²) in [4.78, 5) is 0. The molecule has 0 aromatic heterocycles. The van der Waals surface area contributed by atoms with Gasteiger partial charge in [0, 0.05) is 17.2 Å². The lowest BCUT2D eigenvalue weighted by Crippen LogP contribution is -2.56. The number of aryl methyl sites for hydroxylation is 2. The van der Waals surface area contributed by atoms with Crippen LogP contribution in [0.1, 0.15) is 57.1 Å². The van der Waals surface area contributed by atoms with Gasteiger partial charge in [-0.25, -0.2) is 0 Å². The van der Waals surface area contributed by atoms with Gasteiger partial charge in [0.25, 0.3) is 0 Å². The van der Waals surface area contributed by atoms with Crippen LogP contribution in [0, 0.1) is 5.41 Å². The fourth-order valence-corrected chi connectivity index (χ4v) is 4.57. The van der Waals surface area contributed by atoms with Crippen LogP contribution in [0.25, 0.3) is 0 Å². The number of hydrogen-bond donors (Lipinski definition) is 0. The molecule has 2 aliphatic rings. The van der Waals surface area contributed by atoms with Gasteiger partial charge in [0.2, 0.25) is 0 Å². The summed E-state index contributed by atoms with van der Waals surface area (Å²) in [6.45, 7) is 4.47. The lowest BCUT2D eigenvalue weighted by Gasteiger charge is -2.52. The van der Waals surface area contributed by atoms with Gasteiger partial charge >= 0.3 is 0 Å². The third kappa shape index (κ3) is 2.24. The number of alkyl halides is 1. The molecule has 1 fully saturated rings. The molecule has 0 N–H and O–H groups in total. The highest BCUT2D eigenvalue weighted by Crippen LogP contribution is 2.52. The summed E-state index contributed by atoms with van der Waals surface area (Å²) in [5, 5.41) is 0.278. The Balaban J connectivity index is 1.75. The van der Waals surface area contributed by atoms with Gasteiger partial charge in [-0.3, -0.25) is 0 Å². The maximum Gasteiger partial charge on any atom is 0.120 e. The van der Waals surface area contributed by atoms with Gasteiger partial charge in [0.1, 0.15) is 11.9 Å². The topological polar surface area (TPSA) is 9.23 Å². The Morgan fingerprint density at radius 3 is 2.50 bits per heavy atom. The minimum absolute atomic E-state index is 0.178. The van der Waals surface area contributed by atoms with Gasteiger partial charge < -0.3 is 4.74 Å². The Morgan fingerprint density at radius 2 is 1.85 bits per heavy atom. The lowest BCUT2D eigenvalue weighted by atomic mass is 9.62. The maximum atomic E-state index is 6.47. The van der Waals surface area contributed by atoms with Crippen molar-refractivity contribution >= 4 is 11.6 Å². The zero-order valence-electron chi connectivity index (χ0n) is 12.6. The second kappa shape index (κ2) is 5.60. The van der Waals surface area contributed by atoms with Crippen molar-refractivity contribution in [3.63, 3.8) is 0 Å². The number of hydrogen-bond acceptors (Lipinski definition) is 1. The summed E-state index contributed by atoms with van der Waals surface area (Å²) >= 11 is 6.47. The molecule has 2 aliphatic carbocycles. The van der Waals surface area contributed by atoms with E-state index in [-0.39, 0.29) is 10.8 Å². The molecule has 20 heavy (non-hydrogen) atoms. The molecule has 0 spiro atoms. The average molecular weight is 293 g/mol. The van der Waals surface area contributed by atoms with Crippen LogP contribution in [-0.4, -0.2) is 11.5 Å². The van der Waals surface area contributed by atoms with Crippen molar-refractivity contribution in [1.29, 1.82) is 0 Å². The molecule has 0 heterocycles. The first-order valence-electron chi connectivity index (χ1n) is 8.12. The Morgan fingerprint density at radius 1 is 1.15 bits per heavy atom. The zero-order chi connectivity index (χ0) is 14.2. The van der Waals surface area contributed by atoms with E-state index in [0.717, 1.165) is 25.0 Å². The van der Waals surface area contributed by atoms with E-state index in [1.54, 1.807) is 0 Å². The second-order valence-electron chi connectivity index (χ2n) is 6.39. The molecule has 0 bridgehead atoms. The maximum absolute atomic E-state index is 6.47. The third-order valence-corrected chi connectivity index (χ3v) is 6.21. The van der Waals surface area contributed by atoms with Gasteiger partial charge in [0.05, 0.1) is 0 Å². The van der Waals surface area contributed by atoms with Crippen LogP contribution in [0.5, 0.6) is 5.75 Å². The third-order valence-electron chi connectivity index (χ3n) is 5.60. The van der Waals surface area contributed by atoms with Gasteiger partial charge in [-0.05, 0) is 61.8 Å². The first-order chi connectivity index (χ1) is 9.69. The molecular formula is C18H25ClO. The molecule has 1 aromatic rings. The van der Waals surface area contributed by atoms with Gasteiger partial charge in [0.15, 0.2) is 0 Å². The van der Waals surface area contributed by atoms with Crippen molar-refractivity contribution in [2.24, 2.45) is 5.41 Å². The summed E-state index contributed by atoms with van der Waals surface area (Å²) in [5.74, 6) is 1.05. The number of benzene rings is 1. The van der Waals surface area contributed by atoms with Crippen molar-refractivity contribution in [3.8, 4) is 5.75 Å². The molecule has 2 heteroatoms. The van der Waals surface area contributed by atoms with Crippen LogP contribution in [0.3, 0.4) is 0 Å². The van der Waals surface area contributed by atoms with E-state index < -0.39 is 0 Å². The van der Waals surface area contributed by atoms with E-state index in [2.05, 4.69) is 32.0 Å². The molecule has 0 radical (unpaired) electrons. The van der Waals surface area contributed by atoms with Gasteiger partial charge in [-0.2, -0.15) is 0 Å². The molecule has 3 rings (SSSR count). The number of ether oxygens (including phenoxy) is 1. The molecule has 2 unspecified atom stereocenters. The standard InChI is InChI=1S/C18H25ClO/c1-3-18(4-2)16(19)12-17(18)20-15-10-9-13-7-5-6-8-14(13)11-15/h9-11,16-17H,3-8,12H2,1-2H3. The van der Waals surface area contributed by atoms with Crippen LogP contribution in [-0.2, 0) is 12.8 Å². The quantitative estimate of drug-likeness (QED) is 0.699. The Bertz CT molecular complexity index is 478. The lowest BCUT2D eigenvalue weighted by molar-refractivity contribution is -0.0462. The molecule has 0 amide bonds. The van der Waals surface area contributed by atoms with Crippen molar-refractivity contribution in [2.45, 2.75) is 70.3 Å². The second-order valence-corrected chi connectivity index (χ2v) is 6.91. The molecule has 2 atom stereocenters. The fourth-order valence-electron chi connectivity index (χ4n) is 3.96. The summed E-state index contributed by atoms with van der Waals surface area (Å²) < 4.78 is 6.30. The Kier molecular flexibility index (Phi) is 3.99. The smallest absolute Gasteiger partial charge is 0.120 e. The zero-order valence-corrected chi connectivity index (χ0v) is 13.4. The number of rotatable bonds is 4. The highest BCUT2D eigenvalue weighted by molar-refractivity contribution is 6.21. The van der Waals surface area contributed by atoms with Crippen LogP contribution >= 0.6 is 11.6 Å². The molecule has 1 saturated carbocycles. The highest BCUT2D eigenvalue weighted by atomic mass is 35.5. The predicted molar refractivity (Wildman–Crippen MR) is 84.8 cm³/mol. The minimum atomic E-state index is 0.178. The summed E-state index contributed by atoms with van der Waals surface area (Å²) in [6.07, 6.45) is 8.58. The SMILES string of the molecule is CCC1(CC)C(Cl)CC1Oc1ccc2c(c1)CCCC2. The average Bonchev–Trinajstić information content (AvgIpc) is 2.48. The van der Waals surface area contributed by atoms with E-state index in [1.165, 1.54) is 36.8 Å². The summed E-state index contributed by atoms with van der Waals surface area (Å²) in [7, 11) is 0. The Labute approximate surface area is 127 Å². The van der Waals surface area contributed by atoms with Crippen LogP contribution in [0.15, 0.2) is 18.2 Å². The molecule has 1 nitrogen and oxygen atoms in total. The fraction of sp³-hybridized carbons (Fsp3) is 0.667. The van der Waals surface area contributed by atoms with Crippen molar-refractivity contribution in [3.05, 3.63) is 29.3 Å². The van der Waals surface area contributed by atoms with Gasteiger partial charge in [-0.1, -0.05) is 19.9 Å². The first-order valence-corrected chi connectivity index (χ1v) is 8.55. The van der Waals surface area contributed by atoms with E-state index >= 15 is 0 Å². The molecule has 110 valence electrons. The van der Waals surface area contributed by atoms with Crippen LogP contribution in [0.2, 0.25) is 0 Å². The van der Waals surface area contributed by atoms with Crippen LogP contribution < -0.4 is 4.74 Å². The molecular weight excluding hydrogens is 268 g/mol. The highest BCUT2D eigenvalue weighted by Gasteiger charge is 2.53. The molecule has 1 aromatic carbocycles.